The summed E-state index contributed by atoms with van der Waals surface area (Å²) in [6, 6.07) is 4.96. The van der Waals surface area contributed by atoms with E-state index >= 15 is 0 Å². The van der Waals surface area contributed by atoms with E-state index in [4.69, 9.17) is 4.74 Å². The highest BCUT2D eigenvalue weighted by Gasteiger charge is 2.19. The third kappa shape index (κ3) is 2.48. The Morgan fingerprint density at radius 2 is 2.09 bits per heavy atom. The van der Waals surface area contributed by atoms with Gasteiger partial charge in [-0.1, -0.05) is 0 Å². The minimum absolute atomic E-state index is 0.219. The average molecular weight is 382 g/mol. The predicted octanol–water partition coefficient (Wildman–Crippen LogP) is 2.80. The van der Waals surface area contributed by atoms with Crippen LogP contribution in [-0.4, -0.2) is 37.0 Å². The Morgan fingerprint density at radius 3 is 2.68 bits per heavy atom. The fraction of sp³-hybridized carbons (Fsp3) is 0.143. The molecule has 0 aliphatic heterocycles. The first-order valence-corrected chi connectivity index (χ1v) is 8.96. The lowest BCUT2D eigenvalue weighted by Crippen LogP contribution is -2.01. The van der Waals surface area contributed by atoms with E-state index in [1.54, 1.807) is 37.7 Å². The normalized spacial score (nSPS) is 11.8. The zero-order valence-corrected chi connectivity index (χ0v) is 14.2. The monoisotopic (exact) mass is 381 g/mol. The van der Waals surface area contributed by atoms with Gasteiger partial charge in [0, 0.05) is 23.4 Å². The number of ether oxygens (including phenoxy) is 1. The van der Waals surface area contributed by atoms with Crippen molar-refractivity contribution in [3.8, 4) is 17.0 Å². The van der Waals surface area contributed by atoms with E-state index in [-0.39, 0.29) is 4.90 Å². The molecule has 0 bridgehead atoms. The first-order valence-electron chi connectivity index (χ1n) is 6.28. The van der Waals surface area contributed by atoms with Crippen LogP contribution >= 0.6 is 15.9 Å². The molecule has 6 nitrogen and oxygen atoms in total. The summed E-state index contributed by atoms with van der Waals surface area (Å²) in [5.74, 6) is 0.587. The highest BCUT2D eigenvalue weighted by atomic mass is 79.9. The van der Waals surface area contributed by atoms with Gasteiger partial charge in [0.2, 0.25) is 0 Å². The van der Waals surface area contributed by atoms with E-state index in [0.717, 1.165) is 0 Å². The number of pyridine rings is 1. The van der Waals surface area contributed by atoms with Crippen molar-refractivity contribution in [2.75, 3.05) is 13.4 Å². The van der Waals surface area contributed by atoms with E-state index in [1.165, 1.54) is 6.26 Å². The number of nitrogens with zero attached hydrogens (tertiary/aromatic N) is 2. The highest BCUT2D eigenvalue weighted by Crippen LogP contribution is 2.36. The Bertz CT molecular complexity index is 953. The second-order valence-electron chi connectivity index (χ2n) is 4.74. The molecule has 3 rings (SSSR count). The zero-order chi connectivity index (χ0) is 15.9. The first-order chi connectivity index (χ1) is 10.4. The van der Waals surface area contributed by atoms with E-state index in [9.17, 15) is 8.42 Å². The van der Waals surface area contributed by atoms with Gasteiger partial charge in [0.15, 0.2) is 9.84 Å². The number of aromatic amines is 1. The zero-order valence-electron chi connectivity index (χ0n) is 11.8. The number of H-pyrrole nitrogens is 1. The van der Waals surface area contributed by atoms with Gasteiger partial charge < -0.3 is 4.74 Å². The maximum absolute atomic E-state index is 12.1. The lowest BCUT2D eigenvalue weighted by molar-refractivity contribution is 0.413. The van der Waals surface area contributed by atoms with Crippen LogP contribution in [0.25, 0.3) is 22.2 Å². The summed E-state index contributed by atoms with van der Waals surface area (Å²) >= 11 is 3.43. The number of benzene rings is 1. The summed E-state index contributed by atoms with van der Waals surface area (Å²) in [6.07, 6.45) is 4.43. The molecule has 3 aromatic rings. The number of methoxy groups -OCH3 is 1. The highest BCUT2D eigenvalue weighted by molar-refractivity contribution is 9.10. The van der Waals surface area contributed by atoms with Crippen molar-refractivity contribution >= 4 is 36.7 Å². The van der Waals surface area contributed by atoms with Gasteiger partial charge in [0.1, 0.15) is 5.75 Å². The predicted molar refractivity (Wildman–Crippen MR) is 86.7 cm³/mol. The number of sulfone groups is 1. The van der Waals surface area contributed by atoms with Gasteiger partial charge in [-0.15, -0.1) is 0 Å². The van der Waals surface area contributed by atoms with Crippen LogP contribution in [0.4, 0.5) is 0 Å². The molecule has 0 spiro atoms. The molecule has 114 valence electrons. The van der Waals surface area contributed by atoms with Crippen molar-refractivity contribution in [3.63, 3.8) is 0 Å². The second-order valence-corrected chi connectivity index (χ2v) is 7.52. The van der Waals surface area contributed by atoms with Gasteiger partial charge in [-0.25, -0.2) is 13.4 Å². The van der Waals surface area contributed by atoms with Crippen molar-refractivity contribution in [2.45, 2.75) is 4.90 Å². The van der Waals surface area contributed by atoms with Crippen molar-refractivity contribution in [1.82, 2.24) is 15.2 Å². The van der Waals surface area contributed by atoms with Crippen molar-refractivity contribution < 1.29 is 13.2 Å². The van der Waals surface area contributed by atoms with Gasteiger partial charge in [-0.05, 0) is 34.1 Å². The summed E-state index contributed by atoms with van der Waals surface area (Å²) in [5, 5.41) is 7.12. The van der Waals surface area contributed by atoms with Crippen LogP contribution in [-0.2, 0) is 9.84 Å². The Hall–Kier alpha value is -1.93. The molecule has 1 aromatic carbocycles. The summed E-state index contributed by atoms with van der Waals surface area (Å²) in [5.41, 5.74) is 1.76. The molecular weight excluding hydrogens is 370 g/mol. The number of halogens is 1. The Labute approximate surface area is 135 Å². The number of hydrogen-bond acceptors (Lipinski definition) is 5. The molecule has 8 heteroatoms. The van der Waals surface area contributed by atoms with E-state index in [2.05, 4.69) is 31.1 Å². The molecule has 0 aliphatic rings. The number of fused-ring (bicyclic) bond motifs is 1. The molecule has 22 heavy (non-hydrogen) atoms. The van der Waals surface area contributed by atoms with Crippen LogP contribution in [0.2, 0.25) is 0 Å². The molecular formula is C14H12BrN3O3S. The molecule has 0 aliphatic carbocycles. The van der Waals surface area contributed by atoms with Gasteiger partial charge in [-0.2, -0.15) is 5.10 Å². The lowest BCUT2D eigenvalue weighted by atomic mass is 10.1. The molecule has 0 amide bonds. The average Bonchev–Trinajstić information content (AvgIpc) is 3.00. The van der Waals surface area contributed by atoms with Crippen LogP contribution in [0.3, 0.4) is 0 Å². The van der Waals surface area contributed by atoms with E-state index < -0.39 is 9.84 Å². The molecule has 2 heterocycles. The number of nitrogens with one attached hydrogen (secondary N) is 1. The number of rotatable bonds is 3. The van der Waals surface area contributed by atoms with Crippen molar-refractivity contribution in [1.29, 1.82) is 0 Å². The SMILES string of the molecule is COc1ccc2c(S(C)(=O)=O)cc(-c3cn[nH]c3)nc2c1Br. The van der Waals surface area contributed by atoms with Crippen LogP contribution in [0.5, 0.6) is 5.75 Å². The van der Waals surface area contributed by atoms with Crippen molar-refractivity contribution in [3.05, 3.63) is 35.1 Å². The minimum atomic E-state index is -3.41. The van der Waals surface area contributed by atoms with Crippen LogP contribution in [0.15, 0.2) is 40.0 Å². The molecule has 0 saturated carbocycles. The Morgan fingerprint density at radius 1 is 1.32 bits per heavy atom. The molecule has 0 fully saturated rings. The van der Waals surface area contributed by atoms with Gasteiger partial charge >= 0.3 is 0 Å². The summed E-state index contributed by atoms with van der Waals surface area (Å²) in [6.45, 7) is 0. The van der Waals surface area contributed by atoms with Gasteiger partial charge in [0.05, 0.1) is 33.9 Å². The minimum Gasteiger partial charge on any atom is -0.495 e. The van der Waals surface area contributed by atoms with E-state index in [0.29, 0.717) is 32.4 Å². The van der Waals surface area contributed by atoms with Gasteiger partial charge in [0.25, 0.3) is 0 Å². The quantitative estimate of drug-likeness (QED) is 0.753. The fourth-order valence-corrected chi connectivity index (χ4v) is 3.70. The Balaban J connectivity index is 2.44. The largest absolute Gasteiger partial charge is 0.495 e. The third-order valence-corrected chi connectivity index (χ3v) is 5.16. The van der Waals surface area contributed by atoms with E-state index in [1.807, 2.05) is 0 Å². The molecule has 0 saturated heterocycles. The maximum atomic E-state index is 12.1. The van der Waals surface area contributed by atoms with Crippen LogP contribution in [0.1, 0.15) is 0 Å². The maximum Gasteiger partial charge on any atom is 0.176 e. The Kier molecular flexibility index (Phi) is 3.65. The van der Waals surface area contributed by atoms with Gasteiger partial charge in [-0.3, -0.25) is 5.10 Å². The smallest absolute Gasteiger partial charge is 0.176 e. The molecule has 0 atom stereocenters. The standard InChI is InChI=1S/C14H12BrN3O3S/c1-21-11-4-3-9-12(22(2,19)20)5-10(8-6-16-17-7-8)18-14(9)13(11)15/h3-7H,1-2H3,(H,16,17). The fourth-order valence-electron chi connectivity index (χ4n) is 2.21. The first kappa shape index (κ1) is 15.0. The topological polar surface area (TPSA) is 84.9 Å². The third-order valence-electron chi connectivity index (χ3n) is 3.26. The van der Waals surface area contributed by atoms with Crippen molar-refractivity contribution in [2.24, 2.45) is 0 Å². The summed E-state index contributed by atoms with van der Waals surface area (Å²) < 4.78 is 30.1. The molecule has 2 aromatic heterocycles. The molecule has 0 radical (unpaired) electrons. The number of aromatic nitrogens is 3. The summed E-state index contributed by atoms with van der Waals surface area (Å²) in [4.78, 5) is 4.77. The molecule has 1 N–H and O–H groups in total. The molecule has 0 unspecified atom stereocenters. The number of hydrogen-bond donors (Lipinski definition) is 1. The lowest BCUT2D eigenvalue weighted by Gasteiger charge is -2.11. The van der Waals surface area contributed by atoms with Crippen LogP contribution in [0, 0.1) is 0 Å². The summed E-state index contributed by atoms with van der Waals surface area (Å²) in [7, 11) is -1.87. The second kappa shape index (κ2) is 5.36. The van der Waals surface area contributed by atoms with Crippen LogP contribution < -0.4 is 4.74 Å².